The van der Waals surface area contributed by atoms with Crippen molar-refractivity contribution in [2.45, 2.75) is 50.0 Å². The maximum Gasteiger partial charge on any atom is 0.416 e. The van der Waals surface area contributed by atoms with Gasteiger partial charge in [-0.05, 0) is 19.4 Å². The van der Waals surface area contributed by atoms with Gasteiger partial charge in [-0.2, -0.15) is 0 Å². The lowest BCUT2D eigenvalue weighted by molar-refractivity contribution is 0.0491. The molecule has 0 aromatic heterocycles. The Labute approximate surface area is 196 Å². The number of anilines is 1. The van der Waals surface area contributed by atoms with E-state index in [9.17, 15) is 14.7 Å². The second-order valence-electron chi connectivity index (χ2n) is 8.09. The molecule has 2 heterocycles. The normalized spacial score (nSPS) is 21.2. The van der Waals surface area contributed by atoms with Crippen LogP contribution >= 0.6 is 21.6 Å². The van der Waals surface area contributed by atoms with Crippen molar-refractivity contribution in [2.24, 2.45) is 0 Å². The van der Waals surface area contributed by atoms with Crippen molar-refractivity contribution in [3.05, 3.63) is 29.8 Å². The minimum absolute atomic E-state index is 0.0599. The first-order chi connectivity index (χ1) is 15.2. The molecule has 1 fully saturated rings. The monoisotopic (exact) mass is 482 g/mol. The number of nitrogens with zero attached hydrogens (tertiary/aromatic N) is 2. The summed E-state index contributed by atoms with van der Waals surface area (Å²) in [6.45, 7) is 10.6. The molecule has 0 bridgehead atoms. The van der Waals surface area contributed by atoms with E-state index in [1.807, 2.05) is 6.92 Å². The number of aliphatic hydroxyl groups is 1. The minimum atomic E-state index is -1.29. The number of aliphatic hydroxyl groups excluding tert-OH is 1. The molecule has 2 aliphatic heterocycles. The highest BCUT2D eigenvalue weighted by molar-refractivity contribution is 8.77. The van der Waals surface area contributed by atoms with Gasteiger partial charge in [0, 0.05) is 23.1 Å². The number of hydrogen-bond donors (Lipinski definition) is 1. The van der Waals surface area contributed by atoms with Gasteiger partial charge in [0.2, 0.25) is 0 Å². The number of benzene rings is 1. The van der Waals surface area contributed by atoms with Gasteiger partial charge >= 0.3 is 6.09 Å². The van der Waals surface area contributed by atoms with E-state index in [-0.39, 0.29) is 29.0 Å². The van der Waals surface area contributed by atoms with Crippen LogP contribution in [0.15, 0.2) is 24.3 Å². The Morgan fingerprint density at radius 1 is 1.22 bits per heavy atom. The summed E-state index contributed by atoms with van der Waals surface area (Å²) in [5.41, 5.74) is 1.27. The van der Waals surface area contributed by atoms with Gasteiger partial charge in [-0.3, -0.25) is 4.79 Å². The lowest BCUT2D eigenvalue weighted by atomic mass is 10.1. The van der Waals surface area contributed by atoms with E-state index >= 15 is 0 Å². The number of carbonyl (C=O) groups excluding carboxylic acids is 2. The fourth-order valence-electron chi connectivity index (χ4n) is 3.72. The Kier molecular flexibility index (Phi) is 7.89. The van der Waals surface area contributed by atoms with E-state index in [0.29, 0.717) is 29.7 Å². The van der Waals surface area contributed by atoms with E-state index in [2.05, 4.69) is 20.4 Å². The zero-order chi connectivity index (χ0) is 23.6. The highest BCUT2D eigenvalue weighted by Crippen LogP contribution is 2.41. The van der Waals surface area contributed by atoms with Gasteiger partial charge in [0.25, 0.3) is 5.91 Å². The standard InChI is InChI=1S/C22H30N2O6S2/c1-12(2)31-32-14(4)11-30-22(27)24-16-9-19(29-6)18(28-5)8-15(16)20(25)23-10-13(3)7-17(23)21(24)26/h8-9,12,14,17,21,26H,3,7,10-11H2,1-2,4-6H3/t14-,17+,21?/m1/s1. The first kappa shape index (κ1) is 24.6. The summed E-state index contributed by atoms with van der Waals surface area (Å²) in [4.78, 5) is 29.2. The molecule has 0 spiro atoms. The van der Waals surface area contributed by atoms with Crippen molar-refractivity contribution in [1.82, 2.24) is 4.90 Å². The Balaban J connectivity index is 1.96. The SMILES string of the molecule is C=C1C[C@H]2C(O)N(C(=O)OC[C@@H](C)SSC(C)C)c3cc(OC)c(OC)cc3C(=O)N2C1. The highest BCUT2D eigenvalue weighted by atomic mass is 33.1. The average Bonchev–Trinajstić information content (AvgIpc) is 3.13. The van der Waals surface area contributed by atoms with Crippen LogP contribution in [0, 0.1) is 0 Å². The molecule has 2 amide bonds. The van der Waals surface area contributed by atoms with Crippen molar-refractivity contribution in [3.63, 3.8) is 0 Å². The van der Waals surface area contributed by atoms with Crippen molar-refractivity contribution in [3.8, 4) is 11.5 Å². The fourth-order valence-corrected chi connectivity index (χ4v) is 5.66. The fraction of sp³-hybridized carbons (Fsp3) is 0.545. The molecule has 0 radical (unpaired) electrons. The maximum atomic E-state index is 13.4. The molecule has 3 rings (SSSR count). The Hall–Kier alpha value is -2.04. The predicted octanol–water partition coefficient (Wildman–Crippen LogP) is 3.93. The van der Waals surface area contributed by atoms with Gasteiger partial charge < -0.3 is 24.2 Å². The van der Waals surface area contributed by atoms with Gasteiger partial charge in [-0.15, -0.1) is 0 Å². The Morgan fingerprint density at radius 2 is 1.88 bits per heavy atom. The van der Waals surface area contributed by atoms with Crippen molar-refractivity contribution in [2.75, 3.05) is 32.3 Å². The molecule has 1 saturated heterocycles. The molecular weight excluding hydrogens is 452 g/mol. The van der Waals surface area contributed by atoms with E-state index in [0.717, 1.165) is 10.5 Å². The van der Waals surface area contributed by atoms with Gasteiger partial charge in [-0.25, -0.2) is 9.69 Å². The van der Waals surface area contributed by atoms with Gasteiger partial charge in [0.05, 0.1) is 31.5 Å². The number of amides is 2. The van der Waals surface area contributed by atoms with Crippen molar-refractivity contribution in [1.29, 1.82) is 0 Å². The number of methoxy groups -OCH3 is 2. The number of fused-ring (bicyclic) bond motifs is 2. The first-order valence-electron chi connectivity index (χ1n) is 10.4. The third-order valence-corrected chi connectivity index (χ3v) is 8.64. The summed E-state index contributed by atoms with van der Waals surface area (Å²) in [6.07, 6.45) is -1.62. The molecule has 1 N–H and O–H groups in total. The second-order valence-corrected chi connectivity index (χ2v) is 11.4. The van der Waals surface area contributed by atoms with Crippen LogP contribution in [0.25, 0.3) is 0 Å². The van der Waals surface area contributed by atoms with Gasteiger partial charge in [-0.1, -0.05) is 47.6 Å². The van der Waals surface area contributed by atoms with Crippen LogP contribution in [0.1, 0.15) is 37.6 Å². The molecule has 2 aliphatic rings. The first-order valence-corrected chi connectivity index (χ1v) is 12.6. The largest absolute Gasteiger partial charge is 0.493 e. The molecule has 32 heavy (non-hydrogen) atoms. The molecule has 10 heteroatoms. The van der Waals surface area contributed by atoms with E-state index in [4.69, 9.17) is 14.2 Å². The molecule has 1 unspecified atom stereocenters. The molecule has 0 aliphatic carbocycles. The van der Waals surface area contributed by atoms with Crippen LogP contribution in [-0.4, -0.2) is 72.1 Å². The van der Waals surface area contributed by atoms with Gasteiger partial charge in [0.15, 0.2) is 17.7 Å². The molecule has 8 nitrogen and oxygen atoms in total. The number of hydrogen-bond acceptors (Lipinski definition) is 8. The average molecular weight is 483 g/mol. The lowest BCUT2D eigenvalue weighted by Gasteiger charge is -2.31. The Morgan fingerprint density at radius 3 is 2.50 bits per heavy atom. The van der Waals surface area contributed by atoms with Crippen molar-refractivity contribution < 1.29 is 28.9 Å². The summed E-state index contributed by atoms with van der Waals surface area (Å²) >= 11 is 0. The zero-order valence-electron chi connectivity index (χ0n) is 19.0. The summed E-state index contributed by atoms with van der Waals surface area (Å²) in [7, 11) is 6.29. The summed E-state index contributed by atoms with van der Waals surface area (Å²) < 4.78 is 16.3. The summed E-state index contributed by atoms with van der Waals surface area (Å²) in [6, 6.07) is 2.45. The smallest absolute Gasteiger partial charge is 0.416 e. The van der Waals surface area contributed by atoms with Crippen molar-refractivity contribution >= 4 is 39.3 Å². The van der Waals surface area contributed by atoms with Crippen LogP contribution in [0.4, 0.5) is 10.5 Å². The van der Waals surface area contributed by atoms with E-state index in [1.54, 1.807) is 26.5 Å². The lowest BCUT2D eigenvalue weighted by Crippen LogP contribution is -2.51. The van der Waals surface area contributed by atoms with Crippen LogP contribution < -0.4 is 14.4 Å². The third kappa shape index (κ3) is 4.97. The van der Waals surface area contributed by atoms with Gasteiger partial charge in [0.1, 0.15) is 6.61 Å². The maximum absolute atomic E-state index is 13.4. The topological polar surface area (TPSA) is 88.5 Å². The van der Waals surface area contributed by atoms with E-state index in [1.165, 1.54) is 26.4 Å². The molecule has 1 aromatic carbocycles. The second kappa shape index (κ2) is 10.3. The minimum Gasteiger partial charge on any atom is -0.493 e. The highest BCUT2D eigenvalue weighted by Gasteiger charge is 2.46. The molecule has 1 aromatic rings. The van der Waals surface area contributed by atoms with Crippen LogP contribution in [0.5, 0.6) is 11.5 Å². The summed E-state index contributed by atoms with van der Waals surface area (Å²) in [5, 5.41) is 11.7. The van der Waals surface area contributed by atoms with Crippen LogP contribution in [-0.2, 0) is 4.74 Å². The number of ether oxygens (including phenoxy) is 3. The molecule has 0 saturated carbocycles. The molecular formula is C22H30N2O6S2. The number of rotatable bonds is 7. The predicted molar refractivity (Wildman–Crippen MR) is 128 cm³/mol. The van der Waals surface area contributed by atoms with E-state index < -0.39 is 18.4 Å². The Bertz CT molecular complexity index is 893. The summed E-state index contributed by atoms with van der Waals surface area (Å²) in [5.74, 6) is 0.388. The third-order valence-electron chi connectivity index (χ3n) is 5.20. The number of carbonyl (C=O) groups is 2. The van der Waals surface area contributed by atoms with Crippen LogP contribution in [0.2, 0.25) is 0 Å². The molecule has 176 valence electrons. The molecule has 3 atom stereocenters. The zero-order valence-corrected chi connectivity index (χ0v) is 20.6. The quantitative estimate of drug-likeness (QED) is 0.462. The van der Waals surface area contributed by atoms with Crippen LogP contribution in [0.3, 0.4) is 0 Å².